The van der Waals surface area contributed by atoms with Gasteiger partial charge in [-0.25, -0.2) is 5.43 Å². The molecule has 2 atom stereocenters. The number of halogens is 3. The highest BCUT2D eigenvalue weighted by molar-refractivity contribution is 6.06. The Morgan fingerprint density at radius 2 is 2.10 bits per heavy atom. The zero-order valence-corrected chi connectivity index (χ0v) is 17.0. The number of aryl methyl sites for hydroxylation is 1. The molecule has 168 valence electrons. The minimum atomic E-state index is -4.68. The monoisotopic (exact) mass is 438 g/mol. The lowest BCUT2D eigenvalue weighted by Gasteiger charge is -2.25. The largest absolute Gasteiger partial charge is 0.437 e. The van der Waals surface area contributed by atoms with Crippen LogP contribution in [0.15, 0.2) is 34.9 Å². The Bertz CT molecular complexity index is 948. The molecule has 0 aromatic carbocycles. The molecule has 1 aliphatic carbocycles. The molecule has 0 unspecified atom stereocenters. The van der Waals surface area contributed by atoms with Gasteiger partial charge in [-0.15, -0.1) is 0 Å². The first kappa shape index (κ1) is 21.4. The van der Waals surface area contributed by atoms with Crippen LogP contribution in [0.2, 0.25) is 0 Å². The number of aromatic nitrogens is 2. The molecule has 12 heteroatoms. The molecule has 4 rings (SSSR count). The molecular formula is C19H25F3N8O. The first-order chi connectivity index (χ1) is 14.7. The SMILES string of the molecule is Cn1cc(NC(=O)C2=C3NC(=N[C@H]4CCCCC[C@H]4N)C=CN3NC2)c(C(F)(F)F)n1. The van der Waals surface area contributed by atoms with Gasteiger partial charge in [-0.05, 0) is 18.9 Å². The minimum absolute atomic E-state index is 0.0156. The van der Waals surface area contributed by atoms with Gasteiger partial charge in [0.1, 0.15) is 11.7 Å². The second-order valence-corrected chi connectivity index (χ2v) is 7.87. The highest BCUT2D eigenvalue weighted by Crippen LogP contribution is 2.33. The standard InChI is InChI=1S/C19H25F3N8O/c1-29-10-14(16(28-29)19(20,21)22)26-18(31)11-9-24-30-8-7-15(27-17(11)30)25-13-6-4-2-3-5-12(13)23/h7-8,10,12-13,24H,2-6,9,23H2,1H3,(H,25,27)(H,26,31)/t12-,13+/m1/s1. The fourth-order valence-electron chi connectivity index (χ4n) is 3.95. The van der Waals surface area contributed by atoms with E-state index in [0.29, 0.717) is 11.7 Å². The normalized spacial score (nSPS) is 25.5. The van der Waals surface area contributed by atoms with E-state index in [1.807, 2.05) is 0 Å². The van der Waals surface area contributed by atoms with Crippen LogP contribution in [0.4, 0.5) is 18.9 Å². The number of hydrogen-bond donors (Lipinski definition) is 4. The highest BCUT2D eigenvalue weighted by atomic mass is 19.4. The molecule has 1 saturated carbocycles. The quantitative estimate of drug-likeness (QED) is 0.533. The van der Waals surface area contributed by atoms with Crippen molar-refractivity contribution in [1.82, 2.24) is 25.5 Å². The Balaban J connectivity index is 1.55. The highest BCUT2D eigenvalue weighted by Gasteiger charge is 2.38. The summed E-state index contributed by atoms with van der Waals surface area (Å²) in [4.78, 5) is 17.5. The average Bonchev–Trinajstić information content (AvgIpc) is 3.23. The predicted octanol–water partition coefficient (Wildman–Crippen LogP) is 1.58. The molecule has 1 aromatic heterocycles. The van der Waals surface area contributed by atoms with Crippen LogP contribution < -0.4 is 21.8 Å². The Kier molecular flexibility index (Phi) is 5.75. The number of aliphatic imine (C=N–C) groups is 1. The van der Waals surface area contributed by atoms with Gasteiger partial charge >= 0.3 is 6.18 Å². The van der Waals surface area contributed by atoms with Gasteiger partial charge < -0.3 is 16.4 Å². The summed E-state index contributed by atoms with van der Waals surface area (Å²) >= 11 is 0. The summed E-state index contributed by atoms with van der Waals surface area (Å²) in [7, 11) is 1.36. The lowest BCUT2D eigenvalue weighted by molar-refractivity contribution is -0.140. The lowest BCUT2D eigenvalue weighted by Crippen LogP contribution is -2.40. The van der Waals surface area contributed by atoms with Crippen LogP contribution in [0.1, 0.15) is 37.8 Å². The second kappa shape index (κ2) is 8.35. The summed E-state index contributed by atoms with van der Waals surface area (Å²) in [6, 6.07) is -0.0359. The van der Waals surface area contributed by atoms with Crippen LogP contribution in [0.25, 0.3) is 0 Å². The molecule has 1 aromatic rings. The van der Waals surface area contributed by atoms with Gasteiger partial charge in [-0.3, -0.25) is 19.5 Å². The molecule has 9 nitrogen and oxygen atoms in total. The molecule has 0 bridgehead atoms. The van der Waals surface area contributed by atoms with Crippen LogP contribution in [-0.4, -0.2) is 45.2 Å². The number of rotatable bonds is 3. The molecule has 0 radical (unpaired) electrons. The molecule has 1 amide bonds. The van der Waals surface area contributed by atoms with Gasteiger partial charge in [0, 0.05) is 32.0 Å². The van der Waals surface area contributed by atoms with E-state index in [-0.39, 0.29) is 24.2 Å². The molecule has 3 heterocycles. The van der Waals surface area contributed by atoms with Crippen LogP contribution in [0.5, 0.6) is 0 Å². The van der Waals surface area contributed by atoms with Crippen molar-refractivity contribution in [3.05, 3.63) is 35.6 Å². The summed E-state index contributed by atoms with van der Waals surface area (Å²) < 4.78 is 40.6. The van der Waals surface area contributed by atoms with Crippen molar-refractivity contribution in [2.75, 3.05) is 11.9 Å². The van der Waals surface area contributed by atoms with Gasteiger partial charge in [0.2, 0.25) is 0 Å². The molecule has 31 heavy (non-hydrogen) atoms. The first-order valence-electron chi connectivity index (χ1n) is 10.2. The average molecular weight is 438 g/mol. The molecule has 5 N–H and O–H groups in total. The van der Waals surface area contributed by atoms with Crippen molar-refractivity contribution in [3.63, 3.8) is 0 Å². The number of anilines is 1. The summed E-state index contributed by atoms with van der Waals surface area (Å²) in [5, 5.41) is 10.5. The maximum absolute atomic E-state index is 13.2. The second-order valence-electron chi connectivity index (χ2n) is 7.87. The number of carbonyl (C=O) groups excluding carboxylic acids is 1. The number of nitrogens with zero attached hydrogens (tertiary/aromatic N) is 4. The van der Waals surface area contributed by atoms with Crippen molar-refractivity contribution in [2.45, 2.75) is 50.4 Å². The maximum atomic E-state index is 13.2. The number of nitrogens with one attached hydrogen (secondary N) is 3. The Morgan fingerprint density at radius 1 is 1.32 bits per heavy atom. The fraction of sp³-hybridized carbons (Fsp3) is 0.526. The summed E-state index contributed by atoms with van der Waals surface area (Å²) in [6.45, 7) is 0.149. The zero-order chi connectivity index (χ0) is 22.2. The molecule has 2 aliphatic heterocycles. The molecule has 1 fully saturated rings. The van der Waals surface area contributed by atoms with E-state index in [1.165, 1.54) is 7.05 Å². The number of amides is 1. The fourth-order valence-corrected chi connectivity index (χ4v) is 3.95. The summed E-state index contributed by atoms with van der Waals surface area (Å²) in [6.07, 6.45) is 5.06. The van der Waals surface area contributed by atoms with Gasteiger partial charge in [0.15, 0.2) is 5.69 Å². The summed E-state index contributed by atoms with van der Waals surface area (Å²) in [5.74, 6) is 0.343. The van der Waals surface area contributed by atoms with Crippen LogP contribution >= 0.6 is 0 Å². The molecule has 0 saturated heterocycles. The van der Waals surface area contributed by atoms with Crippen LogP contribution in [-0.2, 0) is 18.0 Å². The number of amidine groups is 1. The molecular weight excluding hydrogens is 413 g/mol. The smallest absolute Gasteiger partial charge is 0.326 e. The van der Waals surface area contributed by atoms with E-state index in [4.69, 9.17) is 10.7 Å². The van der Waals surface area contributed by atoms with Gasteiger partial charge in [0.25, 0.3) is 5.91 Å². The number of hydrazine groups is 1. The number of alkyl halides is 3. The number of carbonyl (C=O) groups is 1. The van der Waals surface area contributed by atoms with E-state index < -0.39 is 23.5 Å². The van der Waals surface area contributed by atoms with Gasteiger partial charge in [0.05, 0.1) is 17.3 Å². The van der Waals surface area contributed by atoms with Crippen molar-refractivity contribution >= 4 is 17.4 Å². The Morgan fingerprint density at radius 3 is 2.87 bits per heavy atom. The molecule has 0 spiro atoms. The lowest BCUT2D eigenvalue weighted by atomic mass is 10.1. The topological polar surface area (TPSA) is 113 Å². The van der Waals surface area contributed by atoms with E-state index in [1.54, 1.807) is 17.3 Å². The van der Waals surface area contributed by atoms with E-state index in [2.05, 4.69) is 21.2 Å². The van der Waals surface area contributed by atoms with Gasteiger partial charge in [-0.2, -0.15) is 18.3 Å². The maximum Gasteiger partial charge on any atom is 0.437 e. The van der Waals surface area contributed by atoms with Crippen molar-refractivity contribution in [1.29, 1.82) is 0 Å². The number of hydrogen-bond acceptors (Lipinski definition) is 6. The van der Waals surface area contributed by atoms with Crippen LogP contribution in [0.3, 0.4) is 0 Å². The van der Waals surface area contributed by atoms with E-state index in [0.717, 1.165) is 43.0 Å². The van der Waals surface area contributed by atoms with Crippen molar-refractivity contribution < 1.29 is 18.0 Å². The number of fused-ring (bicyclic) bond motifs is 1. The van der Waals surface area contributed by atoms with E-state index in [9.17, 15) is 18.0 Å². The molecule has 3 aliphatic rings. The first-order valence-corrected chi connectivity index (χ1v) is 10.2. The summed E-state index contributed by atoms with van der Waals surface area (Å²) in [5.41, 5.74) is 7.98. The Hall–Kier alpha value is -2.86. The van der Waals surface area contributed by atoms with E-state index >= 15 is 0 Å². The third kappa shape index (κ3) is 4.59. The zero-order valence-electron chi connectivity index (χ0n) is 17.0. The van der Waals surface area contributed by atoms with Crippen LogP contribution in [0, 0.1) is 0 Å². The predicted molar refractivity (Wildman–Crippen MR) is 108 cm³/mol. The third-order valence-corrected chi connectivity index (χ3v) is 5.54. The third-order valence-electron chi connectivity index (χ3n) is 5.54. The number of nitrogens with two attached hydrogens (primary N) is 1. The van der Waals surface area contributed by atoms with Gasteiger partial charge in [-0.1, -0.05) is 19.3 Å². The van der Waals surface area contributed by atoms with Crippen molar-refractivity contribution in [3.8, 4) is 0 Å². The van der Waals surface area contributed by atoms with Crippen molar-refractivity contribution in [2.24, 2.45) is 17.8 Å². The Labute approximate surface area is 177 Å². The minimum Gasteiger partial charge on any atom is -0.326 e.